The molecule has 1 fully saturated rings. The first-order valence-corrected chi connectivity index (χ1v) is 13.1. The maximum atomic E-state index is 6.42. The first-order chi connectivity index (χ1) is 17.6. The second-order valence-corrected chi connectivity index (χ2v) is 10.2. The number of hydrogen-bond acceptors (Lipinski definition) is 5. The van der Waals surface area contributed by atoms with Crippen molar-refractivity contribution in [2.75, 3.05) is 33.4 Å². The summed E-state index contributed by atoms with van der Waals surface area (Å²) in [5, 5.41) is 0.816. The molecule has 2 aromatic carbocycles. The molecule has 6 heteroatoms. The Balaban J connectivity index is 1.19. The van der Waals surface area contributed by atoms with E-state index in [1.807, 2.05) is 30.5 Å². The third kappa shape index (κ3) is 4.40. The highest BCUT2D eigenvalue weighted by atomic mass is 35.5. The number of piperidine rings is 1. The number of pyridine rings is 1. The first-order valence-electron chi connectivity index (χ1n) is 12.8. The number of benzene rings is 2. The molecule has 0 atom stereocenters. The van der Waals surface area contributed by atoms with E-state index in [2.05, 4.69) is 40.2 Å². The van der Waals surface area contributed by atoms with E-state index in [-0.39, 0.29) is 5.60 Å². The average molecular weight is 503 g/mol. The van der Waals surface area contributed by atoms with Crippen LogP contribution in [0, 0.1) is 0 Å². The van der Waals surface area contributed by atoms with Gasteiger partial charge in [0.15, 0.2) is 0 Å². The van der Waals surface area contributed by atoms with Crippen molar-refractivity contribution in [3.05, 3.63) is 93.8 Å². The predicted octanol–water partition coefficient (Wildman–Crippen LogP) is 6.02. The van der Waals surface area contributed by atoms with Crippen LogP contribution in [0.5, 0.6) is 11.5 Å². The fourth-order valence-electron chi connectivity index (χ4n) is 5.87. The second-order valence-electron chi connectivity index (χ2n) is 9.79. The average Bonchev–Trinajstić information content (AvgIpc) is 3.06. The summed E-state index contributed by atoms with van der Waals surface area (Å²) in [5.41, 5.74) is 6.85. The van der Waals surface area contributed by atoms with Gasteiger partial charge in [0.1, 0.15) is 18.1 Å². The molecule has 1 saturated heterocycles. The molecule has 186 valence electrons. The van der Waals surface area contributed by atoms with Crippen LogP contribution in [-0.2, 0) is 23.4 Å². The van der Waals surface area contributed by atoms with Gasteiger partial charge in [-0.3, -0.25) is 4.98 Å². The van der Waals surface area contributed by atoms with Crippen molar-refractivity contribution in [2.45, 2.75) is 37.9 Å². The van der Waals surface area contributed by atoms with Gasteiger partial charge in [-0.1, -0.05) is 29.8 Å². The minimum atomic E-state index is -0.161. The predicted molar refractivity (Wildman–Crippen MR) is 142 cm³/mol. The van der Waals surface area contributed by atoms with Gasteiger partial charge in [-0.2, -0.15) is 0 Å². The number of nitrogens with zero attached hydrogens (tertiary/aromatic N) is 2. The van der Waals surface area contributed by atoms with E-state index in [9.17, 15) is 0 Å². The number of fused-ring (bicyclic) bond motifs is 4. The number of likely N-dealkylation sites (tertiary alicyclic amines) is 1. The van der Waals surface area contributed by atoms with Crippen molar-refractivity contribution in [1.82, 2.24) is 9.88 Å². The second kappa shape index (κ2) is 9.89. The van der Waals surface area contributed by atoms with Crippen LogP contribution in [0.1, 0.15) is 47.2 Å². The molecule has 36 heavy (non-hydrogen) atoms. The van der Waals surface area contributed by atoms with Gasteiger partial charge in [-0.15, -0.1) is 0 Å². The molecule has 0 aliphatic carbocycles. The topological polar surface area (TPSA) is 43.8 Å². The van der Waals surface area contributed by atoms with E-state index >= 15 is 0 Å². The molecule has 6 rings (SSSR count). The van der Waals surface area contributed by atoms with Gasteiger partial charge in [0.25, 0.3) is 0 Å². The van der Waals surface area contributed by atoms with Crippen LogP contribution in [0.3, 0.4) is 0 Å². The maximum Gasteiger partial charge on any atom is 0.131 e. The van der Waals surface area contributed by atoms with E-state index in [0.29, 0.717) is 6.61 Å². The smallest absolute Gasteiger partial charge is 0.131 e. The van der Waals surface area contributed by atoms with Crippen molar-refractivity contribution in [2.24, 2.45) is 0 Å². The Labute approximate surface area is 217 Å². The zero-order chi connectivity index (χ0) is 24.5. The van der Waals surface area contributed by atoms with E-state index in [4.69, 9.17) is 25.8 Å². The van der Waals surface area contributed by atoms with Crippen molar-refractivity contribution < 1.29 is 14.2 Å². The summed E-state index contributed by atoms with van der Waals surface area (Å²) in [6.07, 6.45) is 8.09. The summed E-state index contributed by atoms with van der Waals surface area (Å²) in [6, 6.07) is 16.5. The van der Waals surface area contributed by atoms with E-state index in [0.717, 1.165) is 85.3 Å². The van der Waals surface area contributed by atoms with Crippen molar-refractivity contribution in [3.8, 4) is 11.5 Å². The van der Waals surface area contributed by atoms with Crippen LogP contribution in [0.25, 0.3) is 5.57 Å². The number of rotatable bonds is 4. The minimum Gasteiger partial charge on any atom is -0.497 e. The molecule has 3 aliphatic heterocycles. The monoisotopic (exact) mass is 502 g/mol. The lowest BCUT2D eigenvalue weighted by atomic mass is 9.79. The minimum absolute atomic E-state index is 0.161. The molecule has 0 N–H and O–H groups in total. The van der Waals surface area contributed by atoms with Gasteiger partial charge >= 0.3 is 0 Å². The Kier molecular flexibility index (Phi) is 6.46. The Bertz CT molecular complexity index is 1300. The molecule has 4 heterocycles. The van der Waals surface area contributed by atoms with Gasteiger partial charge in [0.2, 0.25) is 0 Å². The van der Waals surface area contributed by atoms with Gasteiger partial charge in [-0.05, 0) is 78.8 Å². The molecule has 0 amide bonds. The van der Waals surface area contributed by atoms with E-state index < -0.39 is 0 Å². The normalized spacial score (nSPS) is 19.7. The van der Waals surface area contributed by atoms with Crippen LogP contribution in [0.2, 0.25) is 5.02 Å². The highest BCUT2D eigenvalue weighted by molar-refractivity contribution is 6.30. The summed E-state index contributed by atoms with van der Waals surface area (Å²) in [6.45, 7) is 4.29. The van der Waals surface area contributed by atoms with Crippen LogP contribution in [0.4, 0.5) is 0 Å². The molecule has 0 unspecified atom stereocenters. The van der Waals surface area contributed by atoms with Crippen molar-refractivity contribution in [3.63, 3.8) is 0 Å². The summed E-state index contributed by atoms with van der Waals surface area (Å²) >= 11 is 6.27. The Morgan fingerprint density at radius 3 is 2.86 bits per heavy atom. The molecule has 1 spiro atoms. The molecule has 0 radical (unpaired) electrons. The van der Waals surface area contributed by atoms with Crippen molar-refractivity contribution >= 4 is 17.2 Å². The summed E-state index contributed by atoms with van der Waals surface area (Å²) in [4.78, 5) is 7.15. The summed E-state index contributed by atoms with van der Waals surface area (Å²) in [5.74, 6) is 1.69. The fourth-order valence-corrected chi connectivity index (χ4v) is 6.07. The zero-order valence-corrected chi connectivity index (χ0v) is 21.4. The van der Waals surface area contributed by atoms with Crippen LogP contribution in [-0.4, -0.2) is 43.2 Å². The third-order valence-electron chi connectivity index (χ3n) is 7.79. The first kappa shape index (κ1) is 23.5. The number of halogens is 1. The third-order valence-corrected chi connectivity index (χ3v) is 8.02. The lowest BCUT2D eigenvalue weighted by Crippen LogP contribution is -2.46. The van der Waals surface area contributed by atoms with Gasteiger partial charge in [0.05, 0.1) is 25.0 Å². The van der Waals surface area contributed by atoms with Crippen molar-refractivity contribution in [1.29, 1.82) is 0 Å². The molecule has 0 saturated carbocycles. The number of ether oxygens (including phenoxy) is 3. The zero-order valence-electron chi connectivity index (χ0n) is 20.6. The van der Waals surface area contributed by atoms with E-state index in [1.165, 1.54) is 16.7 Å². The Hall–Kier alpha value is -2.86. The molecule has 0 bridgehead atoms. The molecule has 3 aromatic rings. The van der Waals surface area contributed by atoms with Gasteiger partial charge in [-0.25, -0.2) is 0 Å². The lowest BCUT2D eigenvalue weighted by molar-refractivity contribution is -0.0976. The van der Waals surface area contributed by atoms with Gasteiger partial charge in [0, 0.05) is 42.0 Å². The molecular weight excluding hydrogens is 472 g/mol. The largest absolute Gasteiger partial charge is 0.497 e. The quantitative estimate of drug-likeness (QED) is 0.436. The number of aromatic nitrogens is 1. The van der Waals surface area contributed by atoms with Gasteiger partial charge < -0.3 is 19.1 Å². The fraction of sp³-hybridized carbons (Fsp3) is 0.367. The number of methoxy groups -OCH3 is 1. The highest BCUT2D eigenvalue weighted by Crippen LogP contribution is 2.42. The maximum absolute atomic E-state index is 6.42. The molecular formula is C30H31ClN2O3. The Morgan fingerprint density at radius 2 is 2.00 bits per heavy atom. The van der Waals surface area contributed by atoms with Crippen LogP contribution in [0.15, 0.2) is 60.8 Å². The molecule has 1 aromatic heterocycles. The lowest BCUT2D eigenvalue weighted by Gasteiger charge is -2.45. The number of hydrogen-bond donors (Lipinski definition) is 0. The SMILES string of the molecule is COc1ccc2c(c1)C(=CCCN1CCC3(CC1)OCCc1cc(Cl)ccc13)c1cccnc1CO2. The highest BCUT2D eigenvalue weighted by Gasteiger charge is 2.40. The van der Waals surface area contributed by atoms with Crippen LogP contribution >= 0.6 is 11.6 Å². The Morgan fingerprint density at radius 1 is 1.11 bits per heavy atom. The summed E-state index contributed by atoms with van der Waals surface area (Å²) in [7, 11) is 1.70. The molecule has 5 nitrogen and oxygen atoms in total. The standard InChI is InChI=1S/C30H31ClN2O3/c1-34-23-7-9-29-26(19-23)24(25-4-2-13-32-28(25)20-35-29)5-3-14-33-15-11-30(12-16-33)27-8-6-22(31)18-21(27)10-17-36-30/h2,4-9,13,18-19H,3,10-12,14-17,20H2,1H3. The molecule has 3 aliphatic rings. The van der Waals surface area contributed by atoms with E-state index in [1.54, 1.807) is 7.11 Å². The van der Waals surface area contributed by atoms with Crippen LogP contribution < -0.4 is 9.47 Å². The summed E-state index contributed by atoms with van der Waals surface area (Å²) < 4.78 is 18.0.